The van der Waals surface area contributed by atoms with Crippen LogP contribution in [0.15, 0.2) is 42.5 Å². The number of ether oxygens (including phenoxy) is 2. The summed E-state index contributed by atoms with van der Waals surface area (Å²) in [7, 11) is 0. The third-order valence-corrected chi connectivity index (χ3v) is 5.19. The van der Waals surface area contributed by atoms with Gasteiger partial charge in [0.05, 0.1) is 0 Å². The van der Waals surface area contributed by atoms with E-state index in [1.54, 1.807) is 12.1 Å². The number of phenols is 1. The molecule has 0 radical (unpaired) electrons. The van der Waals surface area contributed by atoms with Crippen molar-refractivity contribution < 1.29 is 19.4 Å². The number of benzene rings is 1. The van der Waals surface area contributed by atoms with Crippen LogP contribution < -0.4 is 10.1 Å². The van der Waals surface area contributed by atoms with Crippen molar-refractivity contribution in [3.8, 4) is 11.5 Å². The first kappa shape index (κ1) is 20.5. The molecule has 0 spiro atoms. The first-order valence-electron chi connectivity index (χ1n) is 9.91. The van der Waals surface area contributed by atoms with Crippen LogP contribution in [0.5, 0.6) is 11.5 Å². The van der Waals surface area contributed by atoms with Gasteiger partial charge in [0.25, 0.3) is 0 Å². The number of hydrogen-bond acceptors (Lipinski definition) is 5. The highest BCUT2D eigenvalue weighted by Gasteiger charge is 2.39. The number of carbonyl (C=O) groups is 1. The van der Waals surface area contributed by atoms with Crippen LogP contribution in [-0.2, 0) is 9.53 Å². The molecular weight excluding hydrogens is 354 g/mol. The summed E-state index contributed by atoms with van der Waals surface area (Å²) < 4.78 is 11.2. The summed E-state index contributed by atoms with van der Waals surface area (Å²) in [5.74, 6) is 0.412. The Kier molecular flexibility index (Phi) is 5.84. The second-order valence-corrected chi connectivity index (χ2v) is 9.08. The Morgan fingerprint density at radius 1 is 1.18 bits per heavy atom. The second kappa shape index (κ2) is 8.00. The molecule has 1 atom stereocenters. The van der Waals surface area contributed by atoms with Crippen LogP contribution in [0.4, 0.5) is 0 Å². The summed E-state index contributed by atoms with van der Waals surface area (Å²) in [5.41, 5.74) is 0.685. The van der Waals surface area contributed by atoms with E-state index >= 15 is 0 Å². The van der Waals surface area contributed by atoms with Crippen molar-refractivity contribution in [3.05, 3.63) is 48.1 Å². The molecule has 1 aromatic rings. The molecule has 1 aromatic carbocycles. The molecule has 1 saturated heterocycles. The van der Waals surface area contributed by atoms with E-state index in [2.05, 4.69) is 45.2 Å². The number of carbonyl (C=O) groups excluding carboxylic acids is 1. The van der Waals surface area contributed by atoms with Gasteiger partial charge in [-0.2, -0.15) is 0 Å². The predicted octanol–water partition coefficient (Wildman–Crippen LogP) is 4.22. The maximum absolute atomic E-state index is 12.3. The van der Waals surface area contributed by atoms with Crippen molar-refractivity contribution in [2.45, 2.75) is 70.1 Å². The number of hydrogen-bond donors (Lipinski definition) is 2. The summed E-state index contributed by atoms with van der Waals surface area (Å²) in [4.78, 5) is 12.3. The van der Waals surface area contributed by atoms with E-state index < -0.39 is 0 Å². The summed E-state index contributed by atoms with van der Waals surface area (Å²) in [6.45, 7) is 8.30. The molecule has 1 aliphatic carbocycles. The highest BCUT2D eigenvalue weighted by molar-refractivity contribution is 5.71. The lowest BCUT2D eigenvalue weighted by atomic mass is 9.81. The lowest BCUT2D eigenvalue weighted by Gasteiger charge is -2.45. The van der Waals surface area contributed by atoms with Crippen LogP contribution in [0.2, 0.25) is 0 Å². The standard InChI is InChI=1S/C23H31NO4/c1-22(2)13-18(14-23(3,4)24-22)28-21(26)15-27-17-10-11-19(20(25)12-17)16-8-6-5-7-9-16/h5-8,10-12,16,18,24-25H,9,13-15H2,1-4H3. The first-order valence-corrected chi connectivity index (χ1v) is 9.91. The molecule has 1 heterocycles. The molecule has 2 aliphatic rings. The SMILES string of the molecule is CC1(C)CC(OC(=O)COc2ccc(C3C=CC=CC3)c(O)c2)CC(C)(C)N1. The van der Waals surface area contributed by atoms with E-state index in [9.17, 15) is 9.90 Å². The van der Waals surface area contributed by atoms with Crippen molar-refractivity contribution in [3.63, 3.8) is 0 Å². The fraction of sp³-hybridized carbons (Fsp3) is 0.522. The fourth-order valence-corrected chi connectivity index (χ4v) is 4.41. The van der Waals surface area contributed by atoms with Gasteiger partial charge < -0.3 is 19.9 Å². The van der Waals surface area contributed by atoms with Crippen molar-refractivity contribution in [2.24, 2.45) is 0 Å². The lowest BCUT2D eigenvalue weighted by molar-refractivity contribution is -0.155. The second-order valence-electron chi connectivity index (χ2n) is 9.08. The van der Waals surface area contributed by atoms with Gasteiger partial charge in [0.2, 0.25) is 0 Å². The molecule has 0 bridgehead atoms. The zero-order chi connectivity index (χ0) is 20.4. The normalized spacial score (nSPS) is 23.4. The van der Waals surface area contributed by atoms with Crippen molar-refractivity contribution in [1.29, 1.82) is 0 Å². The molecule has 152 valence electrons. The van der Waals surface area contributed by atoms with Gasteiger partial charge in [0, 0.05) is 41.5 Å². The first-order chi connectivity index (χ1) is 13.1. The summed E-state index contributed by atoms with van der Waals surface area (Å²) >= 11 is 0. The number of nitrogens with one attached hydrogen (secondary N) is 1. The van der Waals surface area contributed by atoms with Gasteiger partial charge in [0.1, 0.15) is 17.6 Å². The molecule has 28 heavy (non-hydrogen) atoms. The van der Waals surface area contributed by atoms with Crippen molar-refractivity contribution in [2.75, 3.05) is 6.61 Å². The fourth-order valence-electron chi connectivity index (χ4n) is 4.41. The van der Waals surface area contributed by atoms with Crippen molar-refractivity contribution >= 4 is 5.97 Å². The van der Waals surface area contributed by atoms with Gasteiger partial charge in [-0.05, 0) is 40.2 Å². The Balaban J connectivity index is 1.54. The van der Waals surface area contributed by atoms with Gasteiger partial charge in [-0.3, -0.25) is 0 Å². The van der Waals surface area contributed by atoms with Crippen LogP contribution in [0, 0.1) is 0 Å². The van der Waals surface area contributed by atoms with E-state index in [0.717, 1.165) is 24.8 Å². The van der Waals surface area contributed by atoms with Crippen LogP contribution in [0.1, 0.15) is 58.4 Å². The van der Waals surface area contributed by atoms with Gasteiger partial charge in [-0.1, -0.05) is 30.4 Å². The van der Waals surface area contributed by atoms with Crippen LogP contribution >= 0.6 is 0 Å². The van der Waals surface area contributed by atoms with E-state index in [1.807, 2.05) is 18.2 Å². The number of allylic oxidation sites excluding steroid dienone is 4. The minimum Gasteiger partial charge on any atom is -0.508 e. The van der Waals surface area contributed by atoms with Gasteiger partial charge >= 0.3 is 5.97 Å². The van der Waals surface area contributed by atoms with E-state index in [-0.39, 0.29) is 41.4 Å². The molecule has 0 saturated carbocycles. The molecule has 1 aliphatic heterocycles. The average molecular weight is 386 g/mol. The molecule has 3 rings (SSSR count). The molecule has 1 unspecified atom stereocenters. The highest BCUT2D eigenvalue weighted by Crippen LogP contribution is 2.34. The average Bonchev–Trinajstić information content (AvgIpc) is 2.58. The summed E-state index contributed by atoms with van der Waals surface area (Å²) in [6, 6.07) is 5.19. The topological polar surface area (TPSA) is 67.8 Å². The monoisotopic (exact) mass is 385 g/mol. The van der Waals surface area contributed by atoms with Crippen LogP contribution in [0.3, 0.4) is 0 Å². The van der Waals surface area contributed by atoms with Crippen LogP contribution in [0.25, 0.3) is 0 Å². The molecule has 0 amide bonds. The Labute approximate surface area is 167 Å². The summed E-state index contributed by atoms with van der Waals surface area (Å²) in [6.07, 6.45) is 10.4. The Hall–Kier alpha value is -2.27. The lowest BCUT2D eigenvalue weighted by Crippen LogP contribution is -2.59. The molecule has 5 nitrogen and oxygen atoms in total. The smallest absolute Gasteiger partial charge is 0.344 e. The number of esters is 1. The molecule has 2 N–H and O–H groups in total. The third-order valence-electron chi connectivity index (χ3n) is 5.19. The van der Waals surface area contributed by atoms with E-state index in [1.165, 1.54) is 0 Å². The summed E-state index contributed by atoms with van der Waals surface area (Å²) in [5, 5.41) is 13.9. The minimum absolute atomic E-state index is 0.0854. The maximum atomic E-state index is 12.3. The number of phenolic OH excluding ortho intramolecular Hbond substituents is 1. The zero-order valence-electron chi connectivity index (χ0n) is 17.2. The van der Waals surface area contributed by atoms with Gasteiger partial charge in [0.15, 0.2) is 6.61 Å². The third kappa shape index (κ3) is 5.38. The number of aromatic hydroxyl groups is 1. The predicted molar refractivity (Wildman–Crippen MR) is 110 cm³/mol. The van der Waals surface area contributed by atoms with Gasteiger partial charge in [-0.25, -0.2) is 4.79 Å². The van der Waals surface area contributed by atoms with E-state index in [4.69, 9.17) is 9.47 Å². The Morgan fingerprint density at radius 3 is 2.50 bits per heavy atom. The number of rotatable bonds is 5. The Morgan fingerprint density at radius 2 is 1.89 bits per heavy atom. The minimum atomic E-state index is -0.387. The largest absolute Gasteiger partial charge is 0.508 e. The number of piperidine rings is 1. The van der Waals surface area contributed by atoms with E-state index in [0.29, 0.717) is 5.75 Å². The molecular formula is C23H31NO4. The van der Waals surface area contributed by atoms with Gasteiger partial charge in [-0.15, -0.1) is 0 Å². The Bertz CT molecular complexity index is 763. The van der Waals surface area contributed by atoms with Crippen molar-refractivity contribution in [1.82, 2.24) is 5.32 Å². The zero-order valence-corrected chi connectivity index (χ0v) is 17.2. The molecule has 0 aromatic heterocycles. The maximum Gasteiger partial charge on any atom is 0.344 e. The highest BCUT2D eigenvalue weighted by atomic mass is 16.6. The molecule has 5 heteroatoms. The quantitative estimate of drug-likeness (QED) is 0.743. The molecule has 1 fully saturated rings. The van der Waals surface area contributed by atoms with Crippen LogP contribution in [-0.4, -0.2) is 34.9 Å².